The first kappa shape index (κ1) is 16.5. The Morgan fingerprint density at radius 1 is 1.19 bits per heavy atom. The number of fused-ring (bicyclic) bond motifs is 1. The summed E-state index contributed by atoms with van der Waals surface area (Å²) in [7, 11) is 1.69. The summed E-state index contributed by atoms with van der Waals surface area (Å²) in [6.45, 7) is 2.95. The predicted octanol–water partition coefficient (Wildman–Crippen LogP) is 2.37. The van der Waals surface area contributed by atoms with Crippen molar-refractivity contribution in [1.29, 1.82) is 0 Å². The van der Waals surface area contributed by atoms with Crippen LogP contribution in [0.5, 0.6) is 0 Å². The molecule has 1 aromatic heterocycles. The SMILES string of the molecule is COCCNCCNC(=O)c1cc2c(s1)CCCCCC2. The van der Waals surface area contributed by atoms with Crippen molar-refractivity contribution < 1.29 is 9.53 Å². The van der Waals surface area contributed by atoms with Crippen molar-refractivity contribution in [1.82, 2.24) is 10.6 Å². The van der Waals surface area contributed by atoms with E-state index in [1.54, 1.807) is 18.4 Å². The molecule has 0 saturated heterocycles. The van der Waals surface area contributed by atoms with E-state index in [4.69, 9.17) is 4.74 Å². The highest BCUT2D eigenvalue weighted by atomic mass is 32.1. The van der Waals surface area contributed by atoms with Gasteiger partial charge in [-0.1, -0.05) is 12.8 Å². The fourth-order valence-corrected chi connectivity index (χ4v) is 3.78. The molecule has 0 atom stereocenters. The van der Waals surface area contributed by atoms with Crippen LogP contribution in [0.25, 0.3) is 0 Å². The molecule has 0 aliphatic heterocycles. The van der Waals surface area contributed by atoms with Crippen LogP contribution in [0.3, 0.4) is 0 Å². The highest BCUT2D eigenvalue weighted by molar-refractivity contribution is 7.14. The van der Waals surface area contributed by atoms with Crippen LogP contribution in [-0.4, -0.2) is 39.3 Å². The number of hydrogen-bond donors (Lipinski definition) is 2. The molecule has 4 nitrogen and oxygen atoms in total. The molecule has 118 valence electrons. The Kier molecular flexibility index (Phi) is 7.19. The van der Waals surface area contributed by atoms with Crippen LogP contribution in [0.15, 0.2) is 6.07 Å². The largest absolute Gasteiger partial charge is 0.383 e. The smallest absolute Gasteiger partial charge is 0.261 e. The predicted molar refractivity (Wildman–Crippen MR) is 87.3 cm³/mol. The summed E-state index contributed by atoms with van der Waals surface area (Å²) in [5.41, 5.74) is 1.41. The fourth-order valence-electron chi connectivity index (χ4n) is 2.61. The van der Waals surface area contributed by atoms with Gasteiger partial charge in [-0.15, -0.1) is 11.3 Å². The van der Waals surface area contributed by atoms with Crippen molar-refractivity contribution in [3.8, 4) is 0 Å². The van der Waals surface area contributed by atoms with Crippen LogP contribution in [0.2, 0.25) is 0 Å². The summed E-state index contributed by atoms with van der Waals surface area (Å²) in [4.78, 5) is 14.5. The van der Waals surface area contributed by atoms with Gasteiger partial charge in [0.15, 0.2) is 0 Å². The Labute approximate surface area is 131 Å². The molecule has 1 amide bonds. The molecule has 21 heavy (non-hydrogen) atoms. The van der Waals surface area contributed by atoms with Crippen LogP contribution in [-0.2, 0) is 17.6 Å². The molecule has 1 aliphatic rings. The first-order valence-electron chi connectivity index (χ1n) is 7.90. The van der Waals surface area contributed by atoms with Gasteiger partial charge >= 0.3 is 0 Å². The van der Waals surface area contributed by atoms with Gasteiger partial charge in [-0.25, -0.2) is 0 Å². The maximum atomic E-state index is 12.2. The Hall–Kier alpha value is -0.910. The van der Waals surface area contributed by atoms with E-state index in [2.05, 4.69) is 16.7 Å². The standard InChI is InChI=1S/C16H26N2O2S/c1-20-11-10-17-8-9-18-16(19)15-12-13-6-4-2-3-5-7-14(13)21-15/h12,17H,2-11H2,1H3,(H,18,19). The number of methoxy groups -OCH3 is 1. The number of amides is 1. The van der Waals surface area contributed by atoms with Crippen molar-refractivity contribution in [3.05, 3.63) is 21.4 Å². The maximum Gasteiger partial charge on any atom is 0.261 e. The minimum atomic E-state index is 0.0697. The minimum Gasteiger partial charge on any atom is -0.383 e. The second kappa shape index (κ2) is 9.18. The van der Waals surface area contributed by atoms with Crippen molar-refractivity contribution >= 4 is 17.2 Å². The Balaban J connectivity index is 1.78. The van der Waals surface area contributed by atoms with Crippen LogP contribution in [0.1, 0.15) is 45.8 Å². The molecule has 0 saturated carbocycles. The molecular weight excluding hydrogens is 284 g/mol. The van der Waals surface area contributed by atoms with Gasteiger partial charge in [0.05, 0.1) is 11.5 Å². The zero-order valence-electron chi connectivity index (χ0n) is 12.9. The van der Waals surface area contributed by atoms with Gasteiger partial charge in [-0.2, -0.15) is 0 Å². The number of carbonyl (C=O) groups excluding carboxylic acids is 1. The van der Waals surface area contributed by atoms with E-state index >= 15 is 0 Å². The molecule has 0 fully saturated rings. The number of ether oxygens (including phenoxy) is 1. The summed E-state index contributed by atoms with van der Waals surface area (Å²) in [6.07, 6.45) is 7.45. The lowest BCUT2D eigenvalue weighted by atomic mass is 10.00. The molecule has 0 bridgehead atoms. The lowest BCUT2D eigenvalue weighted by Crippen LogP contribution is -2.32. The van der Waals surface area contributed by atoms with E-state index in [1.165, 1.54) is 36.1 Å². The van der Waals surface area contributed by atoms with Crippen molar-refractivity contribution in [3.63, 3.8) is 0 Å². The molecule has 0 unspecified atom stereocenters. The quantitative estimate of drug-likeness (QED) is 0.760. The van der Waals surface area contributed by atoms with Gasteiger partial charge in [-0.3, -0.25) is 4.79 Å². The monoisotopic (exact) mass is 310 g/mol. The third-order valence-electron chi connectivity index (χ3n) is 3.79. The molecule has 0 aromatic carbocycles. The van der Waals surface area contributed by atoms with Gasteiger partial charge in [0.2, 0.25) is 0 Å². The molecule has 1 aromatic rings. The highest BCUT2D eigenvalue weighted by Gasteiger charge is 2.15. The fraction of sp³-hybridized carbons (Fsp3) is 0.688. The first-order valence-corrected chi connectivity index (χ1v) is 8.72. The Bertz CT molecular complexity index is 420. The zero-order chi connectivity index (χ0) is 14.9. The van der Waals surface area contributed by atoms with E-state index in [9.17, 15) is 4.79 Å². The maximum absolute atomic E-state index is 12.2. The second-order valence-corrected chi connectivity index (χ2v) is 6.61. The van der Waals surface area contributed by atoms with Crippen molar-refractivity contribution in [2.45, 2.75) is 38.5 Å². The van der Waals surface area contributed by atoms with Crippen LogP contribution < -0.4 is 10.6 Å². The van der Waals surface area contributed by atoms with Crippen LogP contribution in [0, 0.1) is 0 Å². The van der Waals surface area contributed by atoms with E-state index in [-0.39, 0.29) is 5.91 Å². The lowest BCUT2D eigenvalue weighted by molar-refractivity contribution is 0.0957. The van der Waals surface area contributed by atoms with Gasteiger partial charge in [0.1, 0.15) is 0 Å². The Morgan fingerprint density at radius 2 is 2.00 bits per heavy atom. The molecule has 0 spiro atoms. The number of carbonyl (C=O) groups is 1. The molecule has 5 heteroatoms. The summed E-state index contributed by atoms with van der Waals surface area (Å²) < 4.78 is 4.96. The topological polar surface area (TPSA) is 50.4 Å². The molecule has 1 aliphatic carbocycles. The van der Waals surface area contributed by atoms with E-state index in [1.807, 2.05) is 0 Å². The molecular formula is C16H26N2O2S. The third kappa shape index (κ3) is 5.41. The third-order valence-corrected chi connectivity index (χ3v) is 5.03. The van der Waals surface area contributed by atoms with Gasteiger partial charge in [0.25, 0.3) is 5.91 Å². The number of rotatable bonds is 7. The highest BCUT2D eigenvalue weighted by Crippen LogP contribution is 2.28. The average Bonchev–Trinajstić information content (AvgIpc) is 2.85. The van der Waals surface area contributed by atoms with Crippen molar-refractivity contribution in [2.24, 2.45) is 0 Å². The minimum absolute atomic E-state index is 0.0697. The van der Waals surface area contributed by atoms with Gasteiger partial charge < -0.3 is 15.4 Å². The normalized spacial score (nSPS) is 15.1. The van der Waals surface area contributed by atoms with Gasteiger partial charge in [0, 0.05) is 31.6 Å². The molecule has 1 heterocycles. The van der Waals surface area contributed by atoms with E-state index in [0.29, 0.717) is 13.2 Å². The number of thiophene rings is 1. The number of aryl methyl sites for hydroxylation is 2. The second-order valence-electron chi connectivity index (χ2n) is 5.47. The summed E-state index contributed by atoms with van der Waals surface area (Å²) in [6, 6.07) is 2.11. The van der Waals surface area contributed by atoms with Crippen LogP contribution in [0.4, 0.5) is 0 Å². The molecule has 2 N–H and O–H groups in total. The zero-order valence-corrected chi connectivity index (χ0v) is 13.7. The lowest BCUT2D eigenvalue weighted by Gasteiger charge is -2.07. The summed E-state index contributed by atoms with van der Waals surface area (Å²) in [5.74, 6) is 0.0697. The summed E-state index contributed by atoms with van der Waals surface area (Å²) in [5, 5.41) is 6.21. The first-order chi connectivity index (χ1) is 10.3. The van der Waals surface area contributed by atoms with E-state index < -0.39 is 0 Å². The number of hydrogen-bond acceptors (Lipinski definition) is 4. The molecule has 0 radical (unpaired) electrons. The molecule has 2 rings (SSSR count). The van der Waals surface area contributed by atoms with Crippen molar-refractivity contribution in [2.75, 3.05) is 33.4 Å². The number of nitrogens with one attached hydrogen (secondary N) is 2. The van der Waals surface area contributed by atoms with Crippen LogP contribution >= 0.6 is 11.3 Å². The summed E-state index contributed by atoms with van der Waals surface area (Å²) >= 11 is 1.69. The van der Waals surface area contributed by atoms with E-state index in [0.717, 1.165) is 30.8 Å². The average molecular weight is 310 g/mol. The van der Waals surface area contributed by atoms with Gasteiger partial charge in [-0.05, 0) is 37.3 Å². The Morgan fingerprint density at radius 3 is 2.81 bits per heavy atom.